The van der Waals surface area contributed by atoms with Crippen LogP contribution in [-0.2, 0) is 24.6 Å². The zero-order chi connectivity index (χ0) is 36.5. The van der Waals surface area contributed by atoms with E-state index in [2.05, 4.69) is 5.43 Å². The number of allylic oxidation sites excluding steroid dienone is 2. The molecule has 4 aliphatic rings. The fourth-order valence-corrected chi connectivity index (χ4v) is 9.03. The Morgan fingerprint density at radius 3 is 2.16 bits per heavy atom. The summed E-state index contributed by atoms with van der Waals surface area (Å²) in [6.07, 6.45) is 1.79. The van der Waals surface area contributed by atoms with Gasteiger partial charge in [0.25, 0.3) is 11.8 Å². The number of nitrogens with one attached hydrogen (secondary N) is 1. The highest BCUT2D eigenvalue weighted by Crippen LogP contribution is 2.66. The van der Waals surface area contributed by atoms with Crippen LogP contribution in [0.4, 0.5) is 10.5 Å². The molecule has 0 spiro atoms. The lowest BCUT2D eigenvalue weighted by Crippen LogP contribution is -2.53. The van der Waals surface area contributed by atoms with Crippen LogP contribution in [0.5, 0.6) is 23.0 Å². The number of hydrogen-bond donors (Lipinski definition) is 3. The van der Waals surface area contributed by atoms with Crippen molar-refractivity contribution >= 4 is 58.5 Å². The molecule has 1 saturated carbocycles. The number of aromatic hydroxyl groups is 1. The third kappa shape index (κ3) is 4.93. The minimum absolute atomic E-state index is 0.0535. The minimum atomic E-state index is -1.73. The molecular formula is C36H32Cl2N4O9. The number of carbonyl (C=O) groups excluding carboxylic acids is 5. The van der Waals surface area contributed by atoms with Gasteiger partial charge in [-0.3, -0.25) is 24.6 Å². The number of ether oxygens (including phenoxy) is 3. The molecule has 13 nitrogen and oxygen atoms in total. The number of primary amides is 1. The summed E-state index contributed by atoms with van der Waals surface area (Å²) < 4.78 is 17.1. The number of hydrogen-bond acceptors (Lipinski definition) is 10. The molecule has 3 fully saturated rings. The number of nitrogens with two attached hydrogens (primary N) is 1. The lowest BCUT2D eigenvalue weighted by molar-refractivity contribution is -0.139. The summed E-state index contributed by atoms with van der Waals surface area (Å²) >= 11 is 12.6. The topological polar surface area (TPSA) is 178 Å². The number of amides is 6. The Kier molecular flexibility index (Phi) is 8.38. The Bertz CT molecular complexity index is 2030. The fourth-order valence-electron chi connectivity index (χ4n) is 8.58. The van der Waals surface area contributed by atoms with E-state index < -0.39 is 64.7 Å². The van der Waals surface area contributed by atoms with Crippen LogP contribution < -0.4 is 25.4 Å². The van der Waals surface area contributed by atoms with E-state index in [0.29, 0.717) is 32.4 Å². The summed E-state index contributed by atoms with van der Waals surface area (Å²) in [6.45, 7) is 0. The van der Waals surface area contributed by atoms with E-state index >= 15 is 4.79 Å². The number of imide groups is 4. The second-order valence-corrected chi connectivity index (χ2v) is 13.7. The summed E-state index contributed by atoms with van der Waals surface area (Å²) in [6, 6.07) is 12.8. The van der Waals surface area contributed by atoms with Gasteiger partial charge in [0.1, 0.15) is 23.0 Å². The molecule has 6 atom stereocenters. The number of hydrazine groups is 1. The number of fused-ring (bicyclic) bond motifs is 4. The SMILES string of the molecule is COc1ccc(C23C(=O)N(Nc4ccc(Cl)cc4Cl)C(=O)C2CC2C(=CCC4C(=O)N(C(N)=O)C(=O)C42)C3c2c(OC)cc(O)cc2OC)cc1. The second kappa shape index (κ2) is 12.5. The number of urea groups is 1. The summed E-state index contributed by atoms with van der Waals surface area (Å²) in [7, 11) is 4.28. The standard InChI is InChI=1S/C36H32Cl2N4O9/c1-49-19-7-4-16(5-8-19)36-23(32(45)42(34(36)47)40-25-11-6-17(37)12-24(25)38)15-22-20(9-10-21-28(22)33(46)41(31(21)44)35(39)48)30(36)29-26(50-2)13-18(43)14-27(29)51-3/h4-9,11-14,21-23,28,30,40,43H,10,15H2,1-3H3,(H2,39,48). The normalized spacial score (nSPS) is 26.7. The zero-order valence-electron chi connectivity index (χ0n) is 27.5. The van der Waals surface area contributed by atoms with Crippen LogP contribution in [0.15, 0.2) is 66.2 Å². The van der Waals surface area contributed by atoms with E-state index in [9.17, 15) is 24.3 Å². The summed E-state index contributed by atoms with van der Waals surface area (Å²) in [4.78, 5) is 70.3. The Labute approximate surface area is 301 Å². The van der Waals surface area contributed by atoms with Crippen LogP contribution in [0.3, 0.4) is 0 Å². The zero-order valence-corrected chi connectivity index (χ0v) is 29.0. The Morgan fingerprint density at radius 1 is 0.902 bits per heavy atom. The lowest BCUT2D eigenvalue weighted by Gasteiger charge is -2.51. The van der Waals surface area contributed by atoms with Gasteiger partial charge in [-0.25, -0.2) is 4.79 Å². The van der Waals surface area contributed by atoms with Crippen LogP contribution in [0.2, 0.25) is 10.0 Å². The van der Waals surface area contributed by atoms with Gasteiger partial charge >= 0.3 is 6.03 Å². The minimum Gasteiger partial charge on any atom is -0.508 e. The van der Waals surface area contributed by atoms with Crippen LogP contribution in [0, 0.1) is 23.7 Å². The summed E-state index contributed by atoms with van der Waals surface area (Å²) in [5.74, 6) is -7.15. The van der Waals surface area contributed by atoms with Gasteiger partial charge in [-0.05, 0) is 54.7 Å². The molecule has 264 valence electrons. The molecule has 2 aliphatic carbocycles. The highest BCUT2D eigenvalue weighted by Gasteiger charge is 2.71. The summed E-state index contributed by atoms with van der Waals surface area (Å²) in [5.41, 5.74) is 8.24. The van der Waals surface area contributed by atoms with Crippen molar-refractivity contribution < 1.29 is 43.3 Å². The van der Waals surface area contributed by atoms with Crippen molar-refractivity contribution in [2.24, 2.45) is 29.4 Å². The Balaban J connectivity index is 1.53. The summed E-state index contributed by atoms with van der Waals surface area (Å²) in [5, 5.41) is 12.1. The molecule has 51 heavy (non-hydrogen) atoms. The molecule has 3 aromatic carbocycles. The monoisotopic (exact) mass is 734 g/mol. The number of carbonyl (C=O) groups is 5. The highest BCUT2D eigenvalue weighted by molar-refractivity contribution is 6.36. The van der Waals surface area contributed by atoms with Crippen molar-refractivity contribution in [3.05, 3.63) is 87.4 Å². The van der Waals surface area contributed by atoms with Crippen molar-refractivity contribution in [3.63, 3.8) is 0 Å². The second-order valence-electron chi connectivity index (χ2n) is 12.8. The molecule has 2 saturated heterocycles. The molecule has 7 rings (SSSR count). The number of nitrogens with zero attached hydrogens (tertiary/aromatic N) is 2. The molecule has 3 aromatic rings. The number of methoxy groups -OCH3 is 3. The van der Waals surface area contributed by atoms with Gasteiger partial charge in [0.2, 0.25) is 11.8 Å². The Morgan fingerprint density at radius 2 is 1.57 bits per heavy atom. The van der Waals surface area contributed by atoms with E-state index in [1.54, 1.807) is 36.4 Å². The van der Waals surface area contributed by atoms with Crippen LogP contribution in [0.1, 0.15) is 29.9 Å². The van der Waals surface area contributed by atoms with Gasteiger partial charge in [-0.1, -0.05) is 47.0 Å². The number of phenolic OH excluding ortho intramolecular Hbond substituents is 1. The molecule has 2 aliphatic heterocycles. The molecular weight excluding hydrogens is 703 g/mol. The van der Waals surface area contributed by atoms with E-state index in [1.807, 2.05) is 0 Å². The number of likely N-dealkylation sites (tertiary alicyclic amines) is 1. The first-order valence-electron chi connectivity index (χ1n) is 16.0. The largest absolute Gasteiger partial charge is 0.508 e. The predicted molar refractivity (Wildman–Crippen MR) is 183 cm³/mol. The smallest absolute Gasteiger partial charge is 0.328 e. The first kappa shape index (κ1) is 34.2. The van der Waals surface area contributed by atoms with Crippen LogP contribution in [0.25, 0.3) is 0 Å². The maximum atomic E-state index is 15.4. The van der Waals surface area contributed by atoms with E-state index in [4.69, 9.17) is 43.1 Å². The number of benzene rings is 3. The van der Waals surface area contributed by atoms with Crippen molar-refractivity contribution in [3.8, 4) is 23.0 Å². The van der Waals surface area contributed by atoms with E-state index in [-0.39, 0.29) is 40.8 Å². The molecule has 15 heteroatoms. The van der Waals surface area contributed by atoms with Gasteiger partial charge in [0.15, 0.2) is 0 Å². The Hall–Kier alpha value is -5.27. The fraction of sp³-hybridized carbons (Fsp3) is 0.306. The van der Waals surface area contributed by atoms with Crippen molar-refractivity contribution in [2.75, 3.05) is 26.8 Å². The number of phenols is 1. The first-order valence-corrected chi connectivity index (χ1v) is 16.7. The van der Waals surface area contributed by atoms with E-state index in [1.165, 1.54) is 45.6 Å². The number of rotatable bonds is 7. The van der Waals surface area contributed by atoms with Gasteiger partial charge in [-0.15, -0.1) is 0 Å². The molecule has 6 amide bonds. The number of anilines is 1. The van der Waals surface area contributed by atoms with Gasteiger partial charge in [0, 0.05) is 28.6 Å². The third-order valence-corrected chi connectivity index (χ3v) is 11.2. The highest BCUT2D eigenvalue weighted by atomic mass is 35.5. The maximum Gasteiger partial charge on any atom is 0.328 e. The van der Waals surface area contributed by atoms with Gasteiger partial charge < -0.3 is 25.1 Å². The third-order valence-electron chi connectivity index (χ3n) is 10.6. The van der Waals surface area contributed by atoms with Crippen molar-refractivity contribution in [1.82, 2.24) is 9.91 Å². The van der Waals surface area contributed by atoms with E-state index in [0.717, 1.165) is 5.01 Å². The molecule has 0 radical (unpaired) electrons. The maximum absolute atomic E-state index is 15.4. The molecule has 0 aromatic heterocycles. The number of halogens is 2. The molecule has 4 N–H and O–H groups in total. The quantitative estimate of drug-likeness (QED) is 0.226. The molecule has 0 bridgehead atoms. The molecule has 6 unspecified atom stereocenters. The lowest BCUT2D eigenvalue weighted by atomic mass is 9.49. The van der Waals surface area contributed by atoms with Gasteiger partial charge in [-0.2, -0.15) is 9.91 Å². The van der Waals surface area contributed by atoms with Gasteiger partial charge in [0.05, 0.1) is 55.2 Å². The van der Waals surface area contributed by atoms with Crippen LogP contribution in [-0.4, -0.2) is 66.0 Å². The average molecular weight is 736 g/mol. The first-order chi connectivity index (χ1) is 24.4. The van der Waals surface area contributed by atoms with Crippen LogP contribution >= 0.6 is 23.2 Å². The molecule has 2 heterocycles. The van der Waals surface area contributed by atoms with Crippen molar-refractivity contribution in [1.29, 1.82) is 0 Å². The predicted octanol–water partition coefficient (Wildman–Crippen LogP) is 4.79. The van der Waals surface area contributed by atoms with Crippen molar-refractivity contribution in [2.45, 2.75) is 24.2 Å². The average Bonchev–Trinajstić information content (AvgIpc) is 3.50.